The number of carbonyl (C=O) groups is 1. The van der Waals surface area contributed by atoms with Crippen molar-refractivity contribution in [3.05, 3.63) is 70.5 Å². The first-order valence-electron chi connectivity index (χ1n) is 8.07. The van der Waals surface area contributed by atoms with Crippen LogP contribution in [0.1, 0.15) is 18.7 Å². The number of non-ortho nitro benzene ring substituents is 1. The van der Waals surface area contributed by atoms with E-state index in [0.29, 0.717) is 0 Å². The standard InChI is InChI=1S/C19H18N2O4S/c1-13(18-11-14-5-3-4-6-17(14)25-18)20(2)19(22)12-26-16-9-7-15(8-10-16)21(23)24/h3-11,13H,12H2,1-2H3. The highest BCUT2D eigenvalue weighted by atomic mass is 32.2. The van der Waals surface area contributed by atoms with Gasteiger partial charge in [0.2, 0.25) is 5.91 Å². The van der Waals surface area contributed by atoms with E-state index in [1.54, 1.807) is 24.1 Å². The SMILES string of the molecule is CC(c1cc2ccccc2o1)N(C)C(=O)CSc1ccc([N+](=O)[O-])cc1. The first kappa shape index (κ1) is 18.0. The molecule has 0 aliphatic carbocycles. The predicted octanol–water partition coefficient (Wildman–Crippen LogP) is 4.65. The van der Waals surface area contributed by atoms with Crippen molar-refractivity contribution < 1.29 is 14.1 Å². The van der Waals surface area contributed by atoms with Gasteiger partial charge in [0, 0.05) is 29.5 Å². The highest BCUT2D eigenvalue weighted by molar-refractivity contribution is 8.00. The molecule has 1 aromatic heterocycles. The van der Waals surface area contributed by atoms with Gasteiger partial charge in [-0.15, -0.1) is 11.8 Å². The molecule has 1 atom stereocenters. The molecule has 26 heavy (non-hydrogen) atoms. The van der Waals surface area contributed by atoms with Crippen molar-refractivity contribution in [2.45, 2.75) is 17.9 Å². The Hall–Kier alpha value is -2.80. The van der Waals surface area contributed by atoms with E-state index >= 15 is 0 Å². The quantitative estimate of drug-likeness (QED) is 0.358. The maximum absolute atomic E-state index is 12.5. The summed E-state index contributed by atoms with van der Waals surface area (Å²) in [7, 11) is 1.75. The molecule has 0 aliphatic rings. The van der Waals surface area contributed by atoms with Gasteiger partial charge in [-0.1, -0.05) is 18.2 Å². The predicted molar refractivity (Wildman–Crippen MR) is 101 cm³/mol. The monoisotopic (exact) mass is 370 g/mol. The minimum atomic E-state index is -0.442. The summed E-state index contributed by atoms with van der Waals surface area (Å²) in [5, 5.41) is 11.7. The normalized spacial score (nSPS) is 12.1. The fourth-order valence-electron chi connectivity index (χ4n) is 2.53. The number of hydrogen-bond acceptors (Lipinski definition) is 5. The average Bonchev–Trinajstić information content (AvgIpc) is 3.09. The number of hydrogen-bond donors (Lipinski definition) is 0. The Morgan fingerprint density at radius 3 is 2.58 bits per heavy atom. The molecule has 3 rings (SSSR count). The van der Waals surface area contributed by atoms with E-state index in [1.807, 2.05) is 37.3 Å². The molecule has 0 N–H and O–H groups in total. The first-order valence-corrected chi connectivity index (χ1v) is 9.05. The minimum Gasteiger partial charge on any atom is -0.459 e. The number of fused-ring (bicyclic) bond motifs is 1. The van der Waals surface area contributed by atoms with Crippen LogP contribution < -0.4 is 0 Å². The number of nitro groups is 1. The van der Waals surface area contributed by atoms with Crippen molar-refractivity contribution in [2.24, 2.45) is 0 Å². The van der Waals surface area contributed by atoms with Gasteiger partial charge in [0.1, 0.15) is 11.3 Å². The average molecular weight is 370 g/mol. The summed E-state index contributed by atoms with van der Waals surface area (Å²) in [6.45, 7) is 1.92. The Bertz CT molecular complexity index is 903. The fraction of sp³-hybridized carbons (Fsp3) is 0.211. The third-order valence-corrected chi connectivity index (χ3v) is 5.24. The van der Waals surface area contributed by atoms with Crippen LogP contribution in [0.5, 0.6) is 0 Å². The van der Waals surface area contributed by atoms with Crippen molar-refractivity contribution in [1.82, 2.24) is 4.90 Å². The molecule has 1 heterocycles. The maximum Gasteiger partial charge on any atom is 0.269 e. The van der Waals surface area contributed by atoms with E-state index in [4.69, 9.17) is 4.42 Å². The largest absolute Gasteiger partial charge is 0.459 e. The zero-order valence-electron chi connectivity index (χ0n) is 14.4. The smallest absolute Gasteiger partial charge is 0.269 e. The van der Waals surface area contributed by atoms with Gasteiger partial charge >= 0.3 is 0 Å². The van der Waals surface area contributed by atoms with Crippen LogP contribution in [0.2, 0.25) is 0 Å². The number of rotatable bonds is 6. The summed E-state index contributed by atoms with van der Waals surface area (Å²) >= 11 is 1.35. The van der Waals surface area contributed by atoms with E-state index in [1.165, 1.54) is 23.9 Å². The lowest BCUT2D eigenvalue weighted by Gasteiger charge is -2.23. The number of benzene rings is 2. The van der Waals surface area contributed by atoms with Crippen LogP contribution in [-0.2, 0) is 4.79 Å². The summed E-state index contributed by atoms with van der Waals surface area (Å²) in [5.74, 6) is 0.947. The molecule has 0 spiro atoms. The minimum absolute atomic E-state index is 0.0382. The first-order chi connectivity index (χ1) is 12.5. The van der Waals surface area contributed by atoms with Gasteiger partial charge in [-0.2, -0.15) is 0 Å². The lowest BCUT2D eigenvalue weighted by atomic mass is 10.2. The molecule has 0 aliphatic heterocycles. The Labute approximate surface area is 154 Å². The Morgan fingerprint density at radius 2 is 1.92 bits per heavy atom. The summed E-state index contributed by atoms with van der Waals surface area (Å²) < 4.78 is 5.83. The molecular weight excluding hydrogens is 352 g/mol. The highest BCUT2D eigenvalue weighted by Crippen LogP contribution is 2.28. The highest BCUT2D eigenvalue weighted by Gasteiger charge is 2.21. The van der Waals surface area contributed by atoms with Crippen LogP contribution in [0.3, 0.4) is 0 Å². The van der Waals surface area contributed by atoms with Crippen molar-refractivity contribution in [3.63, 3.8) is 0 Å². The van der Waals surface area contributed by atoms with E-state index in [-0.39, 0.29) is 23.4 Å². The van der Waals surface area contributed by atoms with Gasteiger partial charge in [0.05, 0.1) is 16.7 Å². The number of furan rings is 1. The maximum atomic E-state index is 12.5. The van der Waals surface area contributed by atoms with Gasteiger partial charge in [0.25, 0.3) is 5.69 Å². The molecule has 134 valence electrons. The molecule has 0 bridgehead atoms. The molecule has 0 saturated carbocycles. The molecule has 1 amide bonds. The molecule has 7 heteroatoms. The van der Waals surface area contributed by atoms with Crippen LogP contribution in [0.15, 0.2) is 63.9 Å². The third kappa shape index (κ3) is 3.88. The molecule has 1 unspecified atom stereocenters. The summed E-state index contributed by atoms with van der Waals surface area (Å²) in [4.78, 5) is 25.2. The second kappa shape index (κ2) is 7.61. The molecule has 2 aromatic carbocycles. The van der Waals surface area contributed by atoms with Crippen LogP contribution in [0.4, 0.5) is 5.69 Å². The van der Waals surface area contributed by atoms with Gasteiger partial charge in [0.15, 0.2) is 0 Å². The van der Waals surface area contributed by atoms with E-state index in [0.717, 1.165) is 21.6 Å². The topological polar surface area (TPSA) is 76.6 Å². The third-order valence-electron chi connectivity index (χ3n) is 4.24. The number of nitrogens with zero attached hydrogens (tertiary/aromatic N) is 2. The second-order valence-electron chi connectivity index (χ2n) is 5.91. The number of para-hydroxylation sites is 1. The lowest BCUT2D eigenvalue weighted by Crippen LogP contribution is -2.30. The Kier molecular flexibility index (Phi) is 5.27. The Morgan fingerprint density at radius 1 is 1.23 bits per heavy atom. The van der Waals surface area contributed by atoms with Gasteiger partial charge in [-0.05, 0) is 31.2 Å². The van der Waals surface area contributed by atoms with Crippen LogP contribution in [0, 0.1) is 10.1 Å². The molecule has 0 saturated heterocycles. The van der Waals surface area contributed by atoms with Crippen LogP contribution in [-0.4, -0.2) is 28.5 Å². The molecule has 3 aromatic rings. The summed E-state index contributed by atoms with van der Waals surface area (Å²) in [5.41, 5.74) is 0.840. The summed E-state index contributed by atoms with van der Waals surface area (Å²) in [6.07, 6.45) is 0. The Balaban J connectivity index is 1.62. The number of nitro benzene ring substituents is 1. The van der Waals surface area contributed by atoms with Crippen molar-refractivity contribution >= 4 is 34.3 Å². The molecule has 0 radical (unpaired) electrons. The summed E-state index contributed by atoms with van der Waals surface area (Å²) in [6, 6.07) is 15.7. The van der Waals surface area contributed by atoms with Crippen molar-refractivity contribution in [1.29, 1.82) is 0 Å². The second-order valence-corrected chi connectivity index (χ2v) is 6.96. The van der Waals surface area contributed by atoms with Crippen molar-refractivity contribution in [3.8, 4) is 0 Å². The molecule has 6 nitrogen and oxygen atoms in total. The van der Waals surface area contributed by atoms with Gasteiger partial charge in [-0.25, -0.2) is 0 Å². The number of carbonyl (C=O) groups excluding carboxylic acids is 1. The van der Waals surface area contributed by atoms with E-state index in [9.17, 15) is 14.9 Å². The molecular formula is C19H18N2O4S. The number of amides is 1. The lowest BCUT2D eigenvalue weighted by molar-refractivity contribution is -0.384. The number of thioether (sulfide) groups is 1. The van der Waals surface area contributed by atoms with Gasteiger partial charge < -0.3 is 9.32 Å². The van der Waals surface area contributed by atoms with Crippen LogP contribution in [0.25, 0.3) is 11.0 Å². The van der Waals surface area contributed by atoms with Gasteiger partial charge in [-0.3, -0.25) is 14.9 Å². The van der Waals surface area contributed by atoms with Crippen molar-refractivity contribution in [2.75, 3.05) is 12.8 Å². The zero-order chi connectivity index (χ0) is 18.7. The van der Waals surface area contributed by atoms with E-state index < -0.39 is 4.92 Å². The van der Waals surface area contributed by atoms with E-state index in [2.05, 4.69) is 0 Å². The van der Waals surface area contributed by atoms with Crippen LogP contribution >= 0.6 is 11.8 Å². The fourth-order valence-corrected chi connectivity index (χ4v) is 3.35. The molecule has 0 fully saturated rings. The zero-order valence-corrected chi connectivity index (χ0v) is 15.2.